The summed E-state index contributed by atoms with van der Waals surface area (Å²) in [5.74, 6) is 1.11. The number of halogens is 2. The van der Waals surface area contributed by atoms with Gasteiger partial charge in [0.1, 0.15) is 5.15 Å². The highest BCUT2D eigenvalue weighted by atomic mass is 35.5. The standard InChI is InChI=1S/C12H11Cl2N3/c1-8-10(4-5-13)11(14)17-12(16-8)9-3-2-6-15-7-9/h2-3,6-7H,4-5H2,1H3. The lowest BCUT2D eigenvalue weighted by atomic mass is 10.2. The third-order valence-corrected chi connectivity index (χ3v) is 2.93. The molecule has 0 aliphatic heterocycles. The summed E-state index contributed by atoms with van der Waals surface area (Å²) in [4.78, 5) is 12.7. The quantitative estimate of drug-likeness (QED) is 0.633. The van der Waals surface area contributed by atoms with Crippen LogP contribution in [-0.4, -0.2) is 20.8 Å². The average molecular weight is 268 g/mol. The van der Waals surface area contributed by atoms with Gasteiger partial charge in [-0.15, -0.1) is 11.6 Å². The van der Waals surface area contributed by atoms with Gasteiger partial charge in [-0.2, -0.15) is 0 Å². The van der Waals surface area contributed by atoms with Crippen molar-refractivity contribution in [1.82, 2.24) is 15.0 Å². The Hall–Kier alpha value is -1.19. The first-order chi connectivity index (χ1) is 8.22. The molecule has 2 aromatic rings. The van der Waals surface area contributed by atoms with Crippen LogP contribution >= 0.6 is 23.2 Å². The lowest BCUT2D eigenvalue weighted by Crippen LogP contribution is -2.01. The summed E-state index contributed by atoms with van der Waals surface area (Å²) in [5.41, 5.74) is 2.63. The maximum absolute atomic E-state index is 6.13. The average Bonchev–Trinajstić information content (AvgIpc) is 2.35. The molecule has 5 heteroatoms. The Morgan fingerprint density at radius 1 is 1.29 bits per heavy atom. The van der Waals surface area contributed by atoms with Crippen molar-refractivity contribution >= 4 is 23.2 Å². The molecule has 0 spiro atoms. The van der Waals surface area contributed by atoms with Crippen molar-refractivity contribution < 1.29 is 0 Å². The lowest BCUT2D eigenvalue weighted by molar-refractivity contribution is 1.00. The molecule has 0 bridgehead atoms. The van der Waals surface area contributed by atoms with E-state index in [1.807, 2.05) is 19.1 Å². The zero-order valence-corrected chi connectivity index (χ0v) is 10.8. The topological polar surface area (TPSA) is 38.7 Å². The second-order valence-electron chi connectivity index (χ2n) is 3.58. The van der Waals surface area contributed by atoms with Gasteiger partial charge < -0.3 is 0 Å². The molecule has 0 N–H and O–H groups in total. The first kappa shape index (κ1) is 12.3. The predicted octanol–water partition coefficient (Wildman–Crippen LogP) is 3.28. The molecule has 0 aromatic carbocycles. The molecular weight excluding hydrogens is 257 g/mol. The van der Waals surface area contributed by atoms with Gasteiger partial charge in [0.25, 0.3) is 0 Å². The summed E-state index contributed by atoms with van der Waals surface area (Å²) in [5, 5.41) is 0.469. The van der Waals surface area contributed by atoms with Crippen molar-refractivity contribution in [3.63, 3.8) is 0 Å². The van der Waals surface area contributed by atoms with Crippen LogP contribution in [0.15, 0.2) is 24.5 Å². The third-order valence-electron chi connectivity index (χ3n) is 2.43. The molecule has 88 valence electrons. The van der Waals surface area contributed by atoms with Gasteiger partial charge in [0.2, 0.25) is 0 Å². The molecule has 2 rings (SSSR count). The second-order valence-corrected chi connectivity index (χ2v) is 4.32. The zero-order valence-electron chi connectivity index (χ0n) is 9.32. The van der Waals surface area contributed by atoms with Gasteiger partial charge >= 0.3 is 0 Å². The normalized spacial score (nSPS) is 10.5. The molecule has 0 saturated heterocycles. The number of hydrogen-bond acceptors (Lipinski definition) is 3. The van der Waals surface area contributed by atoms with Gasteiger partial charge in [-0.1, -0.05) is 11.6 Å². The van der Waals surface area contributed by atoms with Crippen LogP contribution in [0.4, 0.5) is 0 Å². The van der Waals surface area contributed by atoms with E-state index >= 15 is 0 Å². The molecule has 0 amide bonds. The van der Waals surface area contributed by atoms with Crippen LogP contribution in [0.5, 0.6) is 0 Å². The first-order valence-corrected chi connectivity index (χ1v) is 6.13. The fraction of sp³-hybridized carbons (Fsp3) is 0.250. The van der Waals surface area contributed by atoms with Gasteiger partial charge in [-0.25, -0.2) is 9.97 Å². The van der Waals surface area contributed by atoms with Crippen molar-refractivity contribution in [2.45, 2.75) is 13.3 Å². The largest absolute Gasteiger partial charge is 0.264 e. The molecular formula is C12H11Cl2N3. The Morgan fingerprint density at radius 3 is 2.71 bits per heavy atom. The van der Waals surface area contributed by atoms with E-state index in [2.05, 4.69) is 15.0 Å². The molecule has 0 aliphatic carbocycles. The van der Waals surface area contributed by atoms with Crippen molar-refractivity contribution in [3.8, 4) is 11.4 Å². The van der Waals surface area contributed by atoms with Gasteiger partial charge in [0, 0.05) is 35.1 Å². The molecule has 0 radical (unpaired) electrons. The molecule has 2 heterocycles. The predicted molar refractivity (Wildman–Crippen MR) is 69.4 cm³/mol. The smallest absolute Gasteiger partial charge is 0.162 e. The number of nitrogens with zero attached hydrogens (tertiary/aromatic N) is 3. The van der Waals surface area contributed by atoms with Crippen molar-refractivity contribution in [2.75, 3.05) is 5.88 Å². The summed E-state index contributed by atoms with van der Waals surface area (Å²) < 4.78 is 0. The van der Waals surface area contributed by atoms with Crippen molar-refractivity contribution in [1.29, 1.82) is 0 Å². The van der Waals surface area contributed by atoms with Gasteiger partial charge in [-0.3, -0.25) is 4.98 Å². The van der Waals surface area contributed by atoms with Crippen LogP contribution in [0.3, 0.4) is 0 Å². The number of alkyl halides is 1. The van der Waals surface area contributed by atoms with E-state index < -0.39 is 0 Å². The van der Waals surface area contributed by atoms with Crippen molar-refractivity contribution in [2.24, 2.45) is 0 Å². The number of pyridine rings is 1. The van der Waals surface area contributed by atoms with E-state index in [1.165, 1.54) is 0 Å². The highest BCUT2D eigenvalue weighted by molar-refractivity contribution is 6.30. The maximum Gasteiger partial charge on any atom is 0.162 e. The van der Waals surface area contributed by atoms with Crippen LogP contribution in [0.25, 0.3) is 11.4 Å². The van der Waals surface area contributed by atoms with Gasteiger partial charge in [-0.05, 0) is 25.5 Å². The fourth-order valence-corrected chi connectivity index (χ4v) is 2.06. The Labute approximate surface area is 110 Å². The molecule has 0 saturated carbocycles. The summed E-state index contributed by atoms with van der Waals surface area (Å²) in [7, 11) is 0. The Bertz CT molecular complexity index is 491. The van der Waals surface area contributed by atoms with Crippen LogP contribution in [0, 0.1) is 6.92 Å². The van der Waals surface area contributed by atoms with E-state index in [9.17, 15) is 0 Å². The van der Waals surface area contributed by atoms with Gasteiger partial charge in [0.05, 0.1) is 0 Å². The number of rotatable bonds is 3. The van der Waals surface area contributed by atoms with E-state index in [0.29, 0.717) is 23.3 Å². The van der Waals surface area contributed by atoms with Crippen LogP contribution in [-0.2, 0) is 6.42 Å². The molecule has 2 aromatic heterocycles. The number of aromatic nitrogens is 3. The second kappa shape index (κ2) is 5.43. The molecule has 17 heavy (non-hydrogen) atoms. The van der Waals surface area contributed by atoms with E-state index in [-0.39, 0.29) is 0 Å². The maximum atomic E-state index is 6.13. The SMILES string of the molecule is Cc1nc(-c2cccnc2)nc(Cl)c1CCCl. The molecule has 0 fully saturated rings. The minimum Gasteiger partial charge on any atom is -0.264 e. The monoisotopic (exact) mass is 267 g/mol. The van der Waals surface area contributed by atoms with Crippen LogP contribution in [0.2, 0.25) is 5.15 Å². The summed E-state index contributed by atoms with van der Waals surface area (Å²) in [6, 6.07) is 3.74. The van der Waals surface area contributed by atoms with Crippen LogP contribution in [0.1, 0.15) is 11.3 Å². The van der Waals surface area contributed by atoms with Gasteiger partial charge in [0.15, 0.2) is 5.82 Å². The molecule has 0 atom stereocenters. The Balaban J connectivity index is 2.46. The summed E-state index contributed by atoms with van der Waals surface area (Å²) in [6.07, 6.45) is 4.10. The summed E-state index contributed by atoms with van der Waals surface area (Å²) >= 11 is 11.8. The summed E-state index contributed by atoms with van der Waals surface area (Å²) in [6.45, 7) is 1.91. The molecule has 0 aliphatic rings. The zero-order chi connectivity index (χ0) is 12.3. The van der Waals surface area contributed by atoms with Crippen LogP contribution < -0.4 is 0 Å². The minimum atomic E-state index is 0.469. The fourth-order valence-electron chi connectivity index (χ4n) is 1.56. The Kier molecular flexibility index (Phi) is 3.92. The lowest BCUT2D eigenvalue weighted by Gasteiger charge is -2.08. The molecule has 3 nitrogen and oxygen atoms in total. The van der Waals surface area contributed by atoms with E-state index in [1.54, 1.807) is 12.4 Å². The highest BCUT2D eigenvalue weighted by Gasteiger charge is 2.10. The minimum absolute atomic E-state index is 0.469. The van der Waals surface area contributed by atoms with Crippen molar-refractivity contribution in [3.05, 3.63) is 40.9 Å². The molecule has 0 unspecified atom stereocenters. The Morgan fingerprint density at radius 2 is 2.12 bits per heavy atom. The third kappa shape index (κ3) is 2.73. The highest BCUT2D eigenvalue weighted by Crippen LogP contribution is 2.22. The number of hydrogen-bond donors (Lipinski definition) is 0. The van der Waals surface area contributed by atoms with E-state index in [4.69, 9.17) is 23.2 Å². The number of aryl methyl sites for hydroxylation is 1. The van der Waals surface area contributed by atoms with E-state index in [0.717, 1.165) is 16.8 Å². The first-order valence-electron chi connectivity index (χ1n) is 5.21.